The summed E-state index contributed by atoms with van der Waals surface area (Å²) in [5, 5.41) is 0. The van der Waals surface area contributed by atoms with Crippen LogP contribution in [0.3, 0.4) is 0 Å². The number of hydrogen-bond donors (Lipinski definition) is 0. The van der Waals surface area contributed by atoms with Crippen molar-refractivity contribution in [3.63, 3.8) is 0 Å². The predicted octanol–water partition coefficient (Wildman–Crippen LogP) is 5.34. The van der Waals surface area contributed by atoms with Crippen molar-refractivity contribution in [3.05, 3.63) is 0 Å². The summed E-state index contributed by atoms with van der Waals surface area (Å²) in [7, 11) is 0. The van der Waals surface area contributed by atoms with Gasteiger partial charge in [-0.25, -0.2) is 0 Å². The van der Waals surface area contributed by atoms with E-state index in [2.05, 4.69) is 53.4 Å². The van der Waals surface area contributed by atoms with E-state index < -0.39 is 0 Å². The highest BCUT2D eigenvalue weighted by atomic mass is 16.7. The van der Waals surface area contributed by atoms with Gasteiger partial charge < -0.3 is 14.4 Å². The molecule has 1 unspecified atom stereocenters. The Morgan fingerprint density at radius 2 is 1.56 bits per heavy atom. The summed E-state index contributed by atoms with van der Waals surface area (Å²) >= 11 is 0. The van der Waals surface area contributed by atoms with Crippen molar-refractivity contribution in [1.82, 2.24) is 4.90 Å². The van der Waals surface area contributed by atoms with E-state index in [-0.39, 0.29) is 11.9 Å². The van der Waals surface area contributed by atoms with Crippen LogP contribution in [0.4, 0.5) is 0 Å². The fourth-order valence-corrected chi connectivity index (χ4v) is 4.56. The van der Waals surface area contributed by atoms with Crippen LogP contribution in [0, 0.1) is 23.2 Å². The van der Waals surface area contributed by atoms with Crippen LogP contribution < -0.4 is 0 Å². The van der Waals surface area contributed by atoms with Crippen molar-refractivity contribution >= 4 is 0 Å². The van der Waals surface area contributed by atoms with Crippen molar-refractivity contribution in [1.29, 1.82) is 0 Å². The molecule has 0 aromatic heterocycles. The number of ether oxygens (including phenoxy) is 2. The van der Waals surface area contributed by atoms with Gasteiger partial charge >= 0.3 is 0 Å². The number of nitrogens with zero attached hydrogens (tertiary/aromatic N) is 1. The van der Waals surface area contributed by atoms with Gasteiger partial charge in [0, 0.05) is 32.5 Å². The normalized spacial score (nSPS) is 31.0. The van der Waals surface area contributed by atoms with Gasteiger partial charge in [-0.2, -0.15) is 0 Å². The van der Waals surface area contributed by atoms with Gasteiger partial charge in [-0.1, -0.05) is 48.5 Å². The third-order valence-corrected chi connectivity index (χ3v) is 5.90. The van der Waals surface area contributed by atoms with Crippen LogP contribution in [-0.4, -0.2) is 43.0 Å². The van der Waals surface area contributed by atoms with E-state index in [9.17, 15) is 0 Å². The van der Waals surface area contributed by atoms with Crippen molar-refractivity contribution < 1.29 is 9.47 Å². The molecule has 1 atom stereocenters. The smallest absolute Gasteiger partial charge is 0.168 e. The molecule has 2 aliphatic rings. The average Bonchev–Trinajstić information content (AvgIpc) is 2.86. The molecule has 2 fully saturated rings. The molecule has 1 saturated carbocycles. The van der Waals surface area contributed by atoms with E-state index in [1.807, 2.05) is 0 Å². The van der Waals surface area contributed by atoms with Gasteiger partial charge in [0.1, 0.15) is 0 Å². The molecule has 0 aromatic carbocycles. The Kier molecular flexibility index (Phi) is 7.38. The van der Waals surface area contributed by atoms with Gasteiger partial charge in [-0.15, -0.1) is 0 Å². The van der Waals surface area contributed by atoms with Crippen LogP contribution >= 0.6 is 0 Å². The molecule has 3 heteroatoms. The Bertz CT molecular complexity index is 381. The Hall–Kier alpha value is -0.120. The monoisotopic (exact) mass is 353 g/mol. The molecule has 0 radical (unpaired) electrons. The average molecular weight is 354 g/mol. The van der Waals surface area contributed by atoms with Gasteiger partial charge in [-0.05, 0) is 42.4 Å². The van der Waals surface area contributed by atoms with E-state index >= 15 is 0 Å². The lowest BCUT2D eigenvalue weighted by atomic mass is 9.71. The Labute approximate surface area is 156 Å². The summed E-state index contributed by atoms with van der Waals surface area (Å²) in [6.07, 6.45) is 6.02. The Balaban J connectivity index is 1.78. The molecule has 25 heavy (non-hydrogen) atoms. The standard InChI is InChI=1S/C22H43NO2/c1-17(2)14-23(15-18(3)4)13-10-20-16-24-22(25-20)11-8-19(9-12-22)21(5,6)7/h17-20H,8-16H2,1-7H3. The molecule has 148 valence electrons. The quantitative estimate of drug-likeness (QED) is 0.617. The zero-order valence-corrected chi connectivity index (χ0v) is 17.9. The molecule has 3 nitrogen and oxygen atoms in total. The van der Waals surface area contributed by atoms with Gasteiger partial charge in [0.15, 0.2) is 5.79 Å². The molecular weight excluding hydrogens is 310 g/mol. The van der Waals surface area contributed by atoms with Crippen LogP contribution in [0.1, 0.15) is 80.6 Å². The maximum Gasteiger partial charge on any atom is 0.168 e. The molecular formula is C22H43NO2. The molecule has 1 heterocycles. The van der Waals surface area contributed by atoms with Crippen LogP contribution in [0.25, 0.3) is 0 Å². The summed E-state index contributed by atoms with van der Waals surface area (Å²) in [6.45, 7) is 20.6. The topological polar surface area (TPSA) is 21.7 Å². The Morgan fingerprint density at radius 1 is 1.00 bits per heavy atom. The summed E-state index contributed by atoms with van der Waals surface area (Å²) in [5.74, 6) is 1.99. The minimum atomic E-state index is -0.257. The van der Waals surface area contributed by atoms with Crippen molar-refractivity contribution in [2.75, 3.05) is 26.2 Å². The highest BCUT2D eigenvalue weighted by Gasteiger charge is 2.45. The molecule has 0 amide bonds. The molecule has 1 saturated heterocycles. The van der Waals surface area contributed by atoms with Crippen LogP contribution in [0.15, 0.2) is 0 Å². The first-order valence-electron chi connectivity index (χ1n) is 10.6. The van der Waals surface area contributed by atoms with Crippen LogP contribution in [0.5, 0.6) is 0 Å². The second-order valence-electron chi connectivity index (χ2n) is 10.4. The molecule has 0 N–H and O–H groups in total. The molecule has 1 aliphatic heterocycles. The molecule has 1 aliphatic carbocycles. The van der Waals surface area contributed by atoms with E-state index in [4.69, 9.17) is 9.47 Å². The maximum atomic E-state index is 6.46. The lowest BCUT2D eigenvalue weighted by Crippen LogP contribution is -2.39. The number of hydrogen-bond acceptors (Lipinski definition) is 3. The van der Waals surface area contributed by atoms with Crippen molar-refractivity contribution in [2.45, 2.75) is 92.5 Å². The fourth-order valence-electron chi connectivity index (χ4n) is 4.56. The first-order valence-corrected chi connectivity index (χ1v) is 10.6. The molecule has 2 rings (SSSR count). The molecule has 0 bridgehead atoms. The maximum absolute atomic E-state index is 6.46. The van der Waals surface area contributed by atoms with E-state index in [1.54, 1.807) is 0 Å². The van der Waals surface area contributed by atoms with Crippen LogP contribution in [-0.2, 0) is 9.47 Å². The lowest BCUT2D eigenvalue weighted by Gasteiger charge is -2.41. The third-order valence-electron chi connectivity index (χ3n) is 5.90. The van der Waals surface area contributed by atoms with E-state index in [0.29, 0.717) is 5.41 Å². The summed E-state index contributed by atoms with van der Waals surface area (Å²) < 4.78 is 12.7. The Morgan fingerprint density at radius 3 is 2.04 bits per heavy atom. The van der Waals surface area contributed by atoms with Gasteiger partial charge in [0.05, 0.1) is 12.7 Å². The van der Waals surface area contributed by atoms with Crippen molar-refractivity contribution in [3.8, 4) is 0 Å². The third kappa shape index (κ3) is 6.52. The zero-order valence-electron chi connectivity index (χ0n) is 17.9. The zero-order chi connectivity index (χ0) is 18.7. The first kappa shape index (κ1) is 21.2. The van der Waals surface area contributed by atoms with Crippen LogP contribution in [0.2, 0.25) is 0 Å². The second-order valence-corrected chi connectivity index (χ2v) is 10.4. The van der Waals surface area contributed by atoms with Gasteiger partial charge in [-0.3, -0.25) is 0 Å². The lowest BCUT2D eigenvalue weighted by molar-refractivity contribution is -0.197. The predicted molar refractivity (Wildman–Crippen MR) is 106 cm³/mol. The highest BCUT2D eigenvalue weighted by molar-refractivity contribution is 4.89. The first-order chi connectivity index (χ1) is 11.6. The summed E-state index contributed by atoms with van der Waals surface area (Å²) in [6, 6.07) is 0. The minimum absolute atomic E-state index is 0.257. The largest absolute Gasteiger partial charge is 0.347 e. The second kappa shape index (κ2) is 8.71. The summed E-state index contributed by atoms with van der Waals surface area (Å²) in [5.41, 5.74) is 0.411. The SMILES string of the molecule is CC(C)CN(CCC1COC2(CCC(C(C)(C)C)CC2)O1)CC(C)C. The minimum Gasteiger partial charge on any atom is -0.347 e. The van der Waals surface area contributed by atoms with Gasteiger partial charge in [0.25, 0.3) is 0 Å². The summed E-state index contributed by atoms with van der Waals surface area (Å²) in [4.78, 5) is 2.61. The van der Waals surface area contributed by atoms with Gasteiger partial charge in [0.2, 0.25) is 0 Å². The fraction of sp³-hybridized carbons (Fsp3) is 1.00. The molecule has 0 aromatic rings. The van der Waals surface area contributed by atoms with E-state index in [0.717, 1.165) is 50.2 Å². The van der Waals surface area contributed by atoms with Crippen molar-refractivity contribution in [2.24, 2.45) is 23.2 Å². The van der Waals surface area contributed by atoms with E-state index in [1.165, 1.54) is 25.9 Å². The molecule has 1 spiro atoms. The number of rotatable bonds is 7. The highest BCUT2D eigenvalue weighted by Crippen LogP contribution is 2.45.